The van der Waals surface area contributed by atoms with Gasteiger partial charge in [-0.3, -0.25) is 10.1 Å². The summed E-state index contributed by atoms with van der Waals surface area (Å²) in [5, 5.41) is 6.08. The normalized spacial score (nSPS) is 18.9. The van der Waals surface area contributed by atoms with E-state index in [-0.39, 0.29) is 23.8 Å². The molecule has 0 saturated heterocycles. The molecule has 3 N–H and O–H groups in total. The Kier molecular flexibility index (Phi) is 3.70. The van der Waals surface area contributed by atoms with Crippen LogP contribution in [-0.4, -0.2) is 21.9 Å². The van der Waals surface area contributed by atoms with Crippen molar-refractivity contribution in [1.82, 2.24) is 20.6 Å². The molecule has 2 atom stereocenters. The SMILES string of the molecule is CC(NC(=O)C1Cc2nc[nH]c2CN1)c1cccc(F)c1. The number of rotatable bonds is 3. The molecule has 0 saturated carbocycles. The topological polar surface area (TPSA) is 69.8 Å². The van der Waals surface area contributed by atoms with Crippen molar-refractivity contribution in [1.29, 1.82) is 0 Å². The molecule has 0 bridgehead atoms. The van der Waals surface area contributed by atoms with Gasteiger partial charge in [0.25, 0.3) is 0 Å². The van der Waals surface area contributed by atoms with E-state index in [1.165, 1.54) is 12.1 Å². The van der Waals surface area contributed by atoms with Crippen molar-refractivity contribution in [3.63, 3.8) is 0 Å². The monoisotopic (exact) mass is 288 g/mol. The first kappa shape index (κ1) is 13.8. The lowest BCUT2D eigenvalue weighted by molar-refractivity contribution is -0.124. The fourth-order valence-corrected chi connectivity index (χ4v) is 2.53. The second-order valence-electron chi connectivity index (χ2n) is 5.25. The van der Waals surface area contributed by atoms with E-state index in [0.717, 1.165) is 17.0 Å². The first-order valence-electron chi connectivity index (χ1n) is 6.94. The number of nitrogens with zero attached hydrogens (tertiary/aromatic N) is 1. The van der Waals surface area contributed by atoms with E-state index in [1.54, 1.807) is 18.5 Å². The molecule has 1 aliphatic rings. The molecule has 110 valence electrons. The van der Waals surface area contributed by atoms with Gasteiger partial charge >= 0.3 is 0 Å². The number of carbonyl (C=O) groups is 1. The molecule has 0 spiro atoms. The zero-order valence-electron chi connectivity index (χ0n) is 11.7. The van der Waals surface area contributed by atoms with E-state index in [4.69, 9.17) is 0 Å². The third-order valence-corrected chi connectivity index (χ3v) is 3.75. The molecule has 1 amide bonds. The van der Waals surface area contributed by atoms with Crippen molar-refractivity contribution in [3.05, 3.63) is 53.4 Å². The third-order valence-electron chi connectivity index (χ3n) is 3.75. The lowest BCUT2D eigenvalue weighted by Gasteiger charge is -2.24. The highest BCUT2D eigenvalue weighted by Crippen LogP contribution is 2.16. The lowest BCUT2D eigenvalue weighted by Crippen LogP contribution is -2.48. The summed E-state index contributed by atoms with van der Waals surface area (Å²) in [5.41, 5.74) is 2.70. The Morgan fingerprint density at radius 2 is 2.38 bits per heavy atom. The van der Waals surface area contributed by atoms with Gasteiger partial charge in [0.1, 0.15) is 5.82 Å². The third kappa shape index (κ3) is 2.95. The minimum Gasteiger partial charge on any atom is -0.348 e. The zero-order valence-corrected chi connectivity index (χ0v) is 11.7. The van der Waals surface area contributed by atoms with Crippen LogP contribution in [0.3, 0.4) is 0 Å². The van der Waals surface area contributed by atoms with Crippen molar-refractivity contribution in [2.24, 2.45) is 0 Å². The smallest absolute Gasteiger partial charge is 0.238 e. The number of H-pyrrole nitrogens is 1. The van der Waals surface area contributed by atoms with Crippen LogP contribution in [-0.2, 0) is 17.8 Å². The minimum absolute atomic E-state index is 0.0968. The predicted molar refractivity (Wildman–Crippen MR) is 75.9 cm³/mol. The van der Waals surface area contributed by atoms with Gasteiger partial charge in [0, 0.05) is 13.0 Å². The van der Waals surface area contributed by atoms with Gasteiger partial charge in [0.2, 0.25) is 5.91 Å². The summed E-state index contributed by atoms with van der Waals surface area (Å²) in [7, 11) is 0. The van der Waals surface area contributed by atoms with Crippen LogP contribution in [0.5, 0.6) is 0 Å². The number of carbonyl (C=O) groups excluding carboxylic acids is 1. The largest absolute Gasteiger partial charge is 0.348 e. The van der Waals surface area contributed by atoms with Crippen LogP contribution in [0.15, 0.2) is 30.6 Å². The summed E-state index contributed by atoms with van der Waals surface area (Å²) in [6.45, 7) is 2.44. The van der Waals surface area contributed by atoms with Crippen molar-refractivity contribution in [3.8, 4) is 0 Å². The zero-order chi connectivity index (χ0) is 14.8. The van der Waals surface area contributed by atoms with E-state index in [9.17, 15) is 9.18 Å². The van der Waals surface area contributed by atoms with Gasteiger partial charge in [0.05, 0.1) is 29.8 Å². The molecular weight excluding hydrogens is 271 g/mol. The number of hydrogen-bond acceptors (Lipinski definition) is 3. The van der Waals surface area contributed by atoms with Crippen LogP contribution in [0, 0.1) is 5.82 Å². The van der Waals surface area contributed by atoms with Crippen LogP contribution in [0.2, 0.25) is 0 Å². The van der Waals surface area contributed by atoms with E-state index in [0.29, 0.717) is 13.0 Å². The Hall–Kier alpha value is -2.21. The van der Waals surface area contributed by atoms with Gasteiger partial charge < -0.3 is 10.3 Å². The molecule has 6 heteroatoms. The molecule has 1 aromatic carbocycles. The Balaban J connectivity index is 1.64. The molecule has 0 fully saturated rings. The highest BCUT2D eigenvalue weighted by Gasteiger charge is 2.26. The number of amides is 1. The van der Waals surface area contributed by atoms with E-state index >= 15 is 0 Å². The fraction of sp³-hybridized carbons (Fsp3) is 0.333. The summed E-state index contributed by atoms with van der Waals surface area (Å²) in [6.07, 6.45) is 2.20. The van der Waals surface area contributed by atoms with Crippen LogP contribution in [0.1, 0.15) is 29.9 Å². The Labute approximate surface area is 122 Å². The summed E-state index contributed by atoms with van der Waals surface area (Å²) >= 11 is 0. The first-order valence-corrected chi connectivity index (χ1v) is 6.94. The summed E-state index contributed by atoms with van der Waals surface area (Å²) < 4.78 is 13.2. The maximum Gasteiger partial charge on any atom is 0.238 e. The second-order valence-corrected chi connectivity index (χ2v) is 5.25. The van der Waals surface area contributed by atoms with E-state index in [2.05, 4.69) is 20.6 Å². The second kappa shape index (κ2) is 5.65. The molecule has 0 aliphatic carbocycles. The lowest BCUT2D eigenvalue weighted by atomic mass is 10.0. The van der Waals surface area contributed by atoms with Crippen molar-refractivity contribution >= 4 is 5.91 Å². The fourth-order valence-electron chi connectivity index (χ4n) is 2.53. The Morgan fingerprint density at radius 3 is 3.19 bits per heavy atom. The van der Waals surface area contributed by atoms with Crippen LogP contribution >= 0.6 is 0 Å². The maximum atomic E-state index is 13.2. The first-order chi connectivity index (χ1) is 10.1. The summed E-state index contributed by atoms with van der Waals surface area (Å²) in [4.78, 5) is 19.5. The molecule has 3 rings (SSSR count). The molecule has 2 unspecified atom stereocenters. The maximum absolute atomic E-state index is 13.2. The number of hydrogen-bond donors (Lipinski definition) is 3. The molecular formula is C15H17FN4O. The van der Waals surface area contributed by atoms with Crippen LogP contribution < -0.4 is 10.6 Å². The average molecular weight is 288 g/mol. The van der Waals surface area contributed by atoms with E-state index < -0.39 is 0 Å². The number of benzene rings is 1. The van der Waals surface area contributed by atoms with Gasteiger partial charge in [-0.25, -0.2) is 9.37 Å². The molecule has 5 nitrogen and oxygen atoms in total. The Bertz CT molecular complexity index is 655. The number of imidazole rings is 1. The van der Waals surface area contributed by atoms with Gasteiger partial charge in [-0.2, -0.15) is 0 Å². The van der Waals surface area contributed by atoms with Gasteiger partial charge in [-0.1, -0.05) is 12.1 Å². The van der Waals surface area contributed by atoms with Crippen molar-refractivity contribution in [2.45, 2.75) is 32.0 Å². The van der Waals surface area contributed by atoms with Gasteiger partial charge in [0.15, 0.2) is 0 Å². The standard InChI is InChI=1S/C15H17FN4O/c1-9(10-3-2-4-11(16)5-10)20-15(21)13-6-12-14(7-17-13)19-8-18-12/h2-5,8-9,13,17H,6-7H2,1H3,(H,18,19)(H,20,21). The number of nitrogens with one attached hydrogen (secondary N) is 3. The number of aromatic amines is 1. The van der Waals surface area contributed by atoms with E-state index in [1.807, 2.05) is 6.92 Å². The highest BCUT2D eigenvalue weighted by molar-refractivity contribution is 5.82. The number of fused-ring (bicyclic) bond motifs is 1. The molecule has 1 aromatic heterocycles. The van der Waals surface area contributed by atoms with Crippen LogP contribution in [0.4, 0.5) is 4.39 Å². The molecule has 2 aromatic rings. The quantitative estimate of drug-likeness (QED) is 0.800. The summed E-state index contributed by atoms with van der Waals surface area (Å²) in [6, 6.07) is 5.72. The Morgan fingerprint density at radius 1 is 1.52 bits per heavy atom. The van der Waals surface area contributed by atoms with Gasteiger partial charge in [-0.15, -0.1) is 0 Å². The number of aromatic nitrogens is 2. The molecule has 0 radical (unpaired) electrons. The minimum atomic E-state index is -0.309. The van der Waals surface area contributed by atoms with Crippen LogP contribution in [0.25, 0.3) is 0 Å². The predicted octanol–water partition coefficient (Wildman–Crippen LogP) is 1.44. The average Bonchev–Trinajstić information content (AvgIpc) is 2.94. The summed E-state index contributed by atoms with van der Waals surface area (Å²) in [5.74, 6) is -0.397. The molecule has 2 heterocycles. The number of halogens is 1. The van der Waals surface area contributed by atoms with Gasteiger partial charge in [-0.05, 0) is 24.6 Å². The molecule has 1 aliphatic heterocycles. The van der Waals surface area contributed by atoms with Crippen molar-refractivity contribution < 1.29 is 9.18 Å². The highest BCUT2D eigenvalue weighted by atomic mass is 19.1. The molecule has 21 heavy (non-hydrogen) atoms. The van der Waals surface area contributed by atoms with Crippen molar-refractivity contribution in [2.75, 3.05) is 0 Å².